The zero-order valence-corrected chi connectivity index (χ0v) is 28.8. The second-order valence-electron chi connectivity index (χ2n) is 14.5. The summed E-state index contributed by atoms with van der Waals surface area (Å²) in [5.74, 6) is 0. The molecule has 0 fully saturated rings. The first kappa shape index (κ1) is 28.9. The van der Waals surface area contributed by atoms with Crippen LogP contribution in [0.15, 0.2) is 170 Å². The summed E-state index contributed by atoms with van der Waals surface area (Å²) in [7, 11) is 0. The molecule has 3 nitrogen and oxygen atoms in total. The third-order valence-electron chi connectivity index (χ3n) is 12.0. The molecule has 3 heteroatoms. The largest absolute Gasteiger partial charge is 0.254 e. The van der Waals surface area contributed by atoms with Crippen molar-refractivity contribution in [2.45, 2.75) is 18.3 Å². The Balaban J connectivity index is 1.12. The highest BCUT2D eigenvalue weighted by Crippen LogP contribution is 2.64. The Kier molecular flexibility index (Phi) is 5.82. The summed E-state index contributed by atoms with van der Waals surface area (Å²) in [5, 5.41) is 5.81. The molecule has 1 spiro atoms. The van der Waals surface area contributed by atoms with E-state index in [1.807, 2.05) is 12.3 Å². The van der Waals surface area contributed by atoms with E-state index in [4.69, 9.17) is 9.97 Å². The summed E-state index contributed by atoms with van der Waals surface area (Å²) in [6.45, 7) is 0. The number of aromatic nitrogens is 3. The van der Waals surface area contributed by atoms with Crippen molar-refractivity contribution < 1.29 is 0 Å². The lowest BCUT2D eigenvalue weighted by Gasteiger charge is -2.32. The standard InChI is InChI=1S/C50H31N3/c1-5-15-39-34(11-1)35-12-2-6-16-40(35)50(39)41-17-7-3-14-38(41)45-42(50)27-26-37-36-13-4-8-18-44(36)53-47(46(37)45)32-21-19-30(20-22-32)43-28-25-33-24-23-31-10-9-29-51-48(31)49(33)52-43/h1,3-11,13-29H,2,12H2. The van der Waals surface area contributed by atoms with E-state index in [2.05, 4.69) is 157 Å². The van der Waals surface area contributed by atoms with Gasteiger partial charge in [-0.3, -0.25) is 4.98 Å². The van der Waals surface area contributed by atoms with Gasteiger partial charge >= 0.3 is 0 Å². The van der Waals surface area contributed by atoms with Gasteiger partial charge in [-0.05, 0) is 81.0 Å². The quantitative estimate of drug-likeness (QED) is 0.171. The van der Waals surface area contributed by atoms with Gasteiger partial charge in [0.05, 0.1) is 33.4 Å². The molecule has 3 aliphatic carbocycles. The number of hydrogen-bond donors (Lipinski definition) is 0. The fourth-order valence-corrected chi connectivity index (χ4v) is 9.80. The van der Waals surface area contributed by atoms with Crippen molar-refractivity contribution >= 4 is 49.1 Å². The fourth-order valence-electron chi connectivity index (χ4n) is 9.80. The molecular weight excluding hydrogens is 643 g/mol. The van der Waals surface area contributed by atoms with Gasteiger partial charge in [-0.15, -0.1) is 0 Å². The predicted octanol–water partition coefficient (Wildman–Crippen LogP) is 12.3. The van der Waals surface area contributed by atoms with Crippen LogP contribution >= 0.6 is 0 Å². The number of fused-ring (bicyclic) bond motifs is 16. The molecule has 12 rings (SSSR count). The van der Waals surface area contributed by atoms with E-state index in [9.17, 15) is 0 Å². The molecule has 1 unspecified atom stereocenters. The molecule has 1 atom stereocenters. The lowest BCUT2D eigenvalue weighted by molar-refractivity contribution is 0.781. The highest BCUT2D eigenvalue weighted by atomic mass is 14.8. The monoisotopic (exact) mass is 673 g/mol. The highest BCUT2D eigenvalue weighted by Gasteiger charge is 2.52. The van der Waals surface area contributed by atoms with Crippen molar-refractivity contribution in [1.82, 2.24) is 15.0 Å². The SMILES string of the molecule is C1=CC2=C(CC1)c1ccccc1C21c2ccccc2-c2c1ccc1c2c(-c2ccc(-c3ccc4ccc5cccnc5c4n3)cc2)nc2ccccc21. The van der Waals surface area contributed by atoms with Crippen LogP contribution in [0.5, 0.6) is 0 Å². The van der Waals surface area contributed by atoms with Gasteiger partial charge in [0.15, 0.2) is 0 Å². The highest BCUT2D eigenvalue weighted by molar-refractivity contribution is 6.19. The van der Waals surface area contributed by atoms with Gasteiger partial charge in [0.1, 0.15) is 0 Å². The Bertz CT molecular complexity index is 3110. The molecule has 0 N–H and O–H groups in total. The van der Waals surface area contributed by atoms with Crippen LogP contribution in [0.2, 0.25) is 0 Å². The number of benzene rings is 6. The molecule has 0 saturated carbocycles. The fraction of sp³-hybridized carbons (Fsp3) is 0.0600. The summed E-state index contributed by atoms with van der Waals surface area (Å²) in [5.41, 5.74) is 17.6. The molecule has 0 bridgehead atoms. The van der Waals surface area contributed by atoms with Gasteiger partial charge < -0.3 is 0 Å². The van der Waals surface area contributed by atoms with E-state index in [1.54, 1.807) is 0 Å². The maximum absolute atomic E-state index is 5.49. The van der Waals surface area contributed by atoms with Crippen molar-refractivity contribution in [3.63, 3.8) is 0 Å². The van der Waals surface area contributed by atoms with Gasteiger partial charge in [-0.25, -0.2) is 9.97 Å². The van der Waals surface area contributed by atoms with Crippen LogP contribution in [0.1, 0.15) is 35.1 Å². The molecule has 3 aliphatic rings. The predicted molar refractivity (Wildman–Crippen MR) is 218 cm³/mol. The summed E-state index contributed by atoms with van der Waals surface area (Å²) >= 11 is 0. The van der Waals surface area contributed by atoms with Crippen molar-refractivity contribution in [2.75, 3.05) is 0 Å². The molecule has 9 aromatic rings. The smallest absolute Gasteiger partial charge is 0.0972 e. The summed E-state index contributed by atoms with van der Waals surface area (Å²) in [6, 6.07) is 53.1. The third-order valence-corrected chi connectivity index (χ3v) is 12.0. The number of nitrogens with zero attached hydrogens (tertiary/aromatic N) is 3. The molecule has 0 saturated heterocycles. The maximum atomic E-state index is 5.49. The number of para-hydroxylation sites is 1. The van der Waals surface area contributed by atoms with Gasteiger partial charge in [0, 0.05) is 38.9 Å². The lowest BCUT2D eigenvalue weighted by Crippen LogP contribution is -2.27. The van der Waals surface area contributed by atoms with Crippen LogP contribution in [-0.4, -0.2) is 15.0 Å². The van der Waals surface area contributed by atoms with Crippen molar-refractivity contribution in [3.05, 3.63) is 192 Å². The van der Waals surface area contributed by atoms with Crippen LogP contribution in [0.25, 0.3) is 82.7 Å². The molecule has 0 amide bonds. The Labute approximate surface area is 306 Å². The van der Waals surface area contributed by atoms with E-state index in [-0.39, 0.29) is 5.41 Å². The van der Waals surface area contributed by atoms with E-state index < -0.39 is 0 Å². The summed E-state index contributed by atoms with van der Waals surface area (Å²) < 4.78 is 0. The molecular formula is C50H31N3. The van der Waals surface area contributed by atoms with Crippen molar-refractivity contribution in [1.29, 1.82) is 0 Å². The van der Waals surface area contributed by atoms with E-state index >= 15 is 0 Å². The first-order valence-electron chi connectivity index (χ1n) is 18.5. The topological polar surface area (TPSA) is 38.7 Å². The number of rotatable bonds is 2. The van der Waals surface area contributed by atoms with Gasteiger partial charge in [0.2, 0.25) is 0 Å². The lowest BCUT2D eigenvalue weighted by atomic mass is 9.69. The molecule has 246 valence electrons. The van der Waals surface area contributed by atoms with Crippen LogP contribution in [-0.2, 0) is 5.41 Å². The normalized spacial score (nSPS) is 16.8. The zero-order chi connectivity index (χ0) is 34.7. The van der Waals surface area contributed by atoms with E-state index in [0.29, 0.717) is 0 Å². The Hall–Kier alpha value is -6.71. The molecule has 3 heterocycles. The van der Waals surface area contributed by atoms with Crippen molar-refractivity contribution in [3.8, 4) is 33.6 Å². The Morgan fingerprint density at radius 3 is 2.15 bits per heavy atom. The average molecular weight is 674 g/mol. The number of pyridine rings is 3. The Morgan fingerprint density at radius 2 is 1.26 bits per heavy atom. The molecule has 6 aromatic carbocycles. The first-order chi connectivity index (χ1) is 26.3. The molecule has 0 aliphatic heterocycles. The van der Waals surface area contributed by atoms with Crippen molar-refractivity contribution in [2.24, 2.45) is 0 Å². The maximum Gasteiger partial charge on any atom is 0.0972 e. The van der Waals surface area contributed by atoms with Gasteiger partial charge in [0.25, 0.3) is 0 Å². The Morgan fingerprint density at radius 1 is 0.528 bits per heavy atom. The minimum Gasteiger partial charge on any atom is -0.254 e. The molecule has 53 heavy (non-hydrogen) atoms. The summed E-state index contributed by atoms with van der Waals surface area (Å²) in [6.07, 6.45) is 8.79. The van der Waals surface area contributed by atoms with Gasteiger partial charge in [-0.1, -0.05) is 140 Å². The van der Waals surface area contributed by atoms with Crippen LogP contribution in [0.4, 0.5) is 0 Å². The molecule has 0 radical (unpaired) electrons. The number of allylic oxidation sites excluding steroid dienone is 4. The van der Waals surface area contributed by atoms with E-state index in [0.717, 1.165) is 62.7 Å². The van der Waals surface area contributed by atoms with E-state index in [1.165, 1.54) is 60.7 Å². The van der Waals surface area contributed by atoms with Crippen LogP contribution in [0, 0.1) is 0 Å². The average Bonchev–Trinajstić information content (AvgIpc) is 3.71. The van der Waals surface area contributed by atoms with Crippen LogP contribution < -0.4 is 0 Å². The minimum atomic E-state index is -0.365. The second kappa shape index (κ2) is 10.7. The number of hydrogen-bond acceptors (Lipinski definition) is 3. The third kappa shape index (κ3) is 3.81. The minimum absolute atomic E-state index is 0.365. The van der Waals surface area contributed by atoms with Gasteiger partial charge in [-0.2, -0.15) is 0 Å². The second-order valence-corrected chi connectivity index (χ2v) is 14.5. The zero-order valence-electron chi connectivity index (χ0n) is 28.8. The first-order valence-corrected chi connectivity index (χ1v) is 18.5. The molecule has 3 aromatic heterocycles. The summed E-state index contributed by atoms with van der Waals surface area (Å²) in [4.78, 5) is 15.3. The van der Waals surface area contributed by atoms with Crippen LogP contribution in [0.3, 0.4) is 0 Å².